The maximum Gasteiger partial charge on any atom is 0.404 e. The summed E-state index contributed by atoms with van der Waals surface area (Å²) in [5, 5.41) is 0. The zero-order valence-electron chi connectivity index (χ0n) is 11.6. The van der Waals surface area contributed by atoms with E-state index in [1.54, 1.807) is 7.11 Å². The Morgan fingerprint density at radius 1 is 1.37 bits per heavy atom. The zero-order valence-corrected chi connectivity index (χ0v) is 11.6. The highest BCUT2D eigenvalue weighted by atomic mass is 16.7. The van der Waals surface area contributed by atoms with Crippen molar-refractivity contribution in [3.05, 3.63) is 35.4 Å². The second-order valence-corrected chi connectivity index (χ2v) is 4.23. The Morgan fingerprint density at radius 2 is 2.05 bits per heavy atom. The standard InChI is InChI=1S/C14H21NO4/c1-4-12(19-14(15)16)13(18-9-17-3)11-8-6-5-7-10(11)2/h5-8,12-13H,4,9H2,1-3H3,(H2,15,16)/t12-,13-/m1/s1. The number of primary amides is 1. The smallest absolute Gasteiger partial charge is 0.404 e. The molecule has 106 valence electrons. The van der Waals surface area contributed by atoms with Crippen molar-refractivity contribution in [2.45, 2.75) is 32.5 Å². The van der Waals surface area contributed by atoms with Crippen LogP contribution < -0.4 is 5.73 Å². The van der Waals surface area contributed by atoms with Crippen molar-refractivity contribution < 1.29 is 19.0 Å². The lowest BCUT2D eigenvalue weighted by molar-refractivity contribution is -0.116. The van der Waals surface area contributed by atoms with E-state index in [1.165, 1.54) is 0 Å². The second kappa shape index (κ2) is 7.76. The molecule has 2 N–H and O–H groups in total. The third-order valence-corrected chi connectivity index (χ3v) is 2.87. The SMILES string of the molecule is CC[C@@H](OC(N)=O)[C@H](OCOC)c1ccccc1C. The largest absolute Gasteiger partial charge is 0.443 e. The van der Waals surface area contributed by atoms with Gasteiger partial charge in [0.1, 0.15) is 19.0 Å². The van der Waals surface area contributed by atoms with Gasteiger partial charge in [0.25, 0.3) is 0 Å². The highest BCUT2D eigenvalue weighted by Crippen LogP contribution is 2.28. The fourth-order valence-corrected chi connectivity index (χ4v) is 1.95. The molecule has 1 rings (SSSR count). The molecule has 0 unspecified atom stereocenters. The van der Waals surface area contributed by atoms with Gasteiger partial charge in [0, 0.05) is 7.11 Å². The number of methoxy groups -OCH3 is 1. The lowest BCUT2D eigenvalue weighted by Gasteiger charge is -2.27. The monoisotopic (exact) mass is 267 g/mol. The third kappa shape index (κ3) is 4.54. The zero-order chi connectivity index (χ0) is 14.3. The summed E-state index contributed by atoms with van der Waals surface area (Å²) in [6, 6.07) is 7.79. The van der Waals surface area contributed by atoms with Crippen molar-refractivity contribution in [3.8, 4) is 0 Å². The van der Waals surface area contributed by atoms with E-state index in [4.69, 9.17) is 19.9 Å². The molecule has 0 saturated heterocycles. The van der Waals surface area contributed by atoms with E-state index in [1.807, 2.05) is 38.1 Å². The van der Waals surface area contributed by atoms with Crippen molar-refractivity contribution in [1.29, 1.82) is 0 Å². The average Bonchev–Trinajstić information content (AvgIpc) is 2.39. The molecule has 1 amide bonds. The summed E-state index contributed by atoms with van der Waals surface area (Å²) < 4.78 is 15.7. The van der Waals surface area contributed by atoms with Crippen LogP contribution in [-0.4, -0.2) is 26.1 Å². The molecule has 5 nitrogen and oxygen atoms in total. The fraction of sp³-hybridized carbons (Fsp3) is 0.500. The van der Waals surface area contributed by atoms with Gasteiger partial charge in [0.05, 0.1) is 0 Å². The molecule has 0 spiro atoms. The molecule has 5 heteroatoms. The lowest BCUT2D eigenvalue weighted by Crippen LogP contribution is -2.30. The molecule has 0 aliphatic carbocycles. The maximum absolute atomic E-state index is 11.0. The first-order chi connectivity index (χ1) is 9.10. The van der Waals surface area contributed by atoms with E-state index in [2.05, 4.69) is 0 Å². The van der Waals surface area contributed by atoms with Crippen LogP contribution in [0.1, 0.15) is 30.6 Å². The Hall–Kier alpha value is -1.59. The number of ether oxygens (including phenoxy) is 3. The first kappa shape index (κ1) is 15.5. The predicted molar refractivity (Wildman–Crippen MR) is 71.6 cm³/mol. The van der Waals surface area contributed by atoms with Gasteiger partial charge >= 0.3 is 6.09 Å². The van der Waals surface area contributed by atoms with E-state index in [9.17, 15) is 4.79 Å². The Balaban J connectivity index is 2.98. The average molecular weight is 267 g/mol. The number of carbonyl (C=O) groups excluding carboxylic acids is 1. The van der Waals surface area contributed by atoms with Crippen LogP contribution in [0.4, 0.5) is 4.79 Å². The van der Waals surface area contributed by atoms with Crippen molar-refractivity contribution in [2.24, 2.45) is 5.73 Å². The summed E-state index contributed by atoms with van der Waals surface area (Å²) in [4.78, 5) is 11.0. The van der Waals surface area contributed by atoms with E-state index in [0.29, 0.717) is 6.42 Å². The van der Waals surface area contributed by atoms with Gasteiger partial charge in [-0.05, 0) is 24.5 Å². The second-order valence-electron chi connectivity index (χ2n) is 4.23. The Morgan fingerprint density at radius 3 is 2.58 bits per heavy atom. The van der Waals surface area contributed by atoms with Crippen LogP contribution in [0.3, 0.4) is 0 Å². The number of amides is 1. The van der Waals surface area contributed by atoms with Crippen molar-refractivity contribution in [1.82, 2.24) is 0 Å². The summed E-state index contributed by atoms with van der Waals surface area (Å²) >= 11 is 0. The first-order valence-electron chi connectivity index (χ1n) is 6.22. The quantitative estimate of drug-likeness (QED) is 0.771. The normalized spacial score (nSPS) is 13.8. The minimum Gasteiger partial charge on any atom is -0.443 e. The van der Waals surface area contributed by atoms with Crippen LogP contribution in [0, 0.1) is 6.92 Å². The number of rotatable bonds is 7. The number of hydrogen-bond donors (Lipinski definition) is 1. The highest BCUT2D eigenvalue weighted by molar-refractivity contribution is 5.64. The van der Waals surface area contributed by atoms with Gasteiger partial charge in [-0.2, -0.15) is 0 Å². The maximum atomic E-state index is 11.0. The summed E-state index contributed by atoms with van der Waals surface area (Å²) in [5.74, 6) is 0. The Labute approximate surface area is 113 Å². The predicted octanol–water partition coefficient (Wildman–Crippen LogP) is 2.53. The Bertz CT molecular complexity index is 408. The molecule has 0 aliphatic heterocycles. The Kier molecular flexibility index (Phi) is 6.32. The van der Waals surface area contributed by atoms with Crippen molar-refractivity contribution in [3.63, 3.8) is 0 Å². The van der Waals surface area contributed by atoms with Gasteiger partial charge in [0.15, 0.2) is 0 Å². The van der Waals surface area contributed by atoms with E-state index >= 15 is 0 Å². The van der Waals surface area contributed by atoms with E-state index in [0.717, 1.165) is 11.1 Å². The molecule has 0 bridgehead atoms. The van der Waals surface area contributed by atoms with Gasteiger partial charge in [0.2, 0.25) is 0 Å². The number of benzene rings is 1. The number of nitrogens with two attached hydrogens (primary N) is 1. The number of carbonyl (C=O) groups is 1. The number of hydrogen-bond acceptors (Lipinski definition) is 4. The molecule has 0 aliphatic rings. The minimum atomic E-state index is -0.800. The topological polar surface area (TPSA) is 70.8 Å². The van der Waals surface area contributed by atoms with Crippen LogP contribution in [0.15, 0.2) is 24.3 Å². The van der Waals surface area contributed by atoms with Crippen LogP contribution in [-0.2, 0) is 14.2 Å². The highest BCUT2D eigenvalue weighted by Gasteiger charge is 2.26. The van der Waals surface area contributed by atoms with Crippen LogP contribution in [0.5, 0.6) is 0 Å². The molecular formula is C14H21NO4. The van der Waals surface area contributed by atoms with Gasteiger partial charge in [-0.1, -0.05) is 31.2 Å². The molecule has 0 fully saturated rings. The molecule has 1 aromatic rings. The van der Waals surface area contributed by atoms with Gasteiger partial charge in [-0.15, -0.1) is 0 Å². The van der Waals surface area contributed by atoms with Crippen molar-refractivity contribution in [2.75, 3.05) is 13.9 Å². The minimum absolute atomic E-state index is 0.123. The summed E-state index contributed by atoms with van der Waals surface area (Å²) in [5.41, 5.74) is 7.13. The molecule has 1 aromatic carbocycles. The molecule has 0 saturated carbocycles. The first-order valence-corrected chi connectivity index (χ1v) is 6.22. The van der Waals surface area contributed by atoms with Gasteiger partial charge in [-0.25, -0.2) is 4.79 Å². The van der Waals surface area contributed by atoms with Gasteiger partial charge in [-0.3, -0.25) is 0 Å². The third-order valence-electron chi connectivity index (χ3n) is 2.87. The molecule has 0 heterocycles. The van der Waals surface area contributed by atoms with Crippen molar-refractivity contribution >= 4 is 6.09 Å². The molecule has 2 atom stereocenters. The summed E-state index contributed by atoms with van der Waals surface area (Å²) in [7, 11) is 1.55. The molecule has 19 heavy (non-hydrogen) atoms. The fourth-order valence-electron chi connectivity index (χ4n) is 1.95. The van der Waals surface area contributed by atoms with Crippen LogP contribution in [0.2, 0.25) is 0 Å². The van der Waals surface area contributed by atoms with Crippen LogP contribution in [0.25, 0.3) is 0 Å². The van der Waals surface area contributed by atoms with Gasteiger partial charge < -0.3 is 19.9 Å². The van der Waals surface area contributed by atoms with E-state index in [-0.39, 0.29) is 6.79 Å². The molecule has 0 radical (unpaired) electrons. The lowest BCUT2D eigenvalue weighted by atomic mass is 9.98. The molecule has 0 aromatic heterocycles. The summed E-state index contributed by atoms with van der Waals surface area (Å²) in [6.07, 6.45) is -1.02. The summed E-state index contributed by atoms with van der Waals surface area (Å²) in [6.45, 7) is 4.02. The van der Waals surface area contributed by atoms with E-state index < -0.39 is 18.3 Å². The number of aryl methyl sites for hydroxylation is 1. The molecular weight excluding hydrogens is 246 g/mol. The van der Waals surface area contributed by atoms with Crippen LogP contribution >= 0.6 is 0 Å².